The van der Waals surface area contributed by atoms with Gasteiger partial charge in [0.2, 0.25) is 5.82 Å². The molecule has 0 spiro atoms. The van der Waals surface area contributed by atoms with Gasteiger partial charge >= 0.3 is 0 Å². The summed E-state index contributed by atoms with van der Waals surface area (Å²) < 4.78 is 7.62. The Morgan fingerprint density at radius 3 is 2.80 bits per heavy atom. The molecule has 5 nitrogen and oxygen atoms in total. The summed E-state index contributed by atoms with van der Waals surface area (Å²) in [5.74, 6) is 2.22. The SMILES string of the molecule is Cc1nc(C)c(-c2nncn2C2CC2)o1. The minimum Gasteiger partial charge on any atom is -0.437 e. The molecule has 0 N–H and O–H groups in total. The van der Waals surface area contributed by atoms with Gasteiger partial charge in [-0.1, -0.05) is 0 Å². The molecule has 2 aromatic heterocycles. The minimum atomic E-state index is 0.555. The van der Waals surface area contributed by atoms with Gasteiger partial charge in [0, 0.05) is 13.0 Å². The summed E-state index contributed by atoms with van der Waals surface area (Å²) in [7, 11) is 0. The maximum Gasteiger partial charge on any atom is 0.201 e. The fraction of sp³-hybridized carbons (Fsp3) is 0.500. The van der Waals surface area contributed by atoms with Crippen LogP contribution in [0, 0.1) is 13.8 Å². The first kappa shape index (κ1) is 8.64. The molecular weight excluding hydrogens is 192 g/mol. The van der Waals surface area contributed by atoms with Crippen LogP contribution in [0.4, 0.5) is 0 Å². The molecule has 5 heteroatoms. The lowest BCUT2D eigenvalue weighted by Gasteiger charge is -2.01. The fourth-order valence-electron chi connectivity index (χ4n) is 1.76. The predicted molar refractivity (Wildman–Crippen MR) is 53.3 cm³/mol. The van der Waals surface area contributed by atoms with E-state index in [1.807, 2.05) is 13.8 Å². The van der Waals surface area contributed by atoms with Gasteiger partial charge in [0.1, 0.15) is 6.33 Å². The van der Waals surface area contributed by atoms with Crippen molar-refractivity contribution in [2.24, 2.45) is 0 Å². The van der Waals surface area contributed by atoms with Crippen molar-refractivity contribution in [2.45, 2.75) is 32.7 Å². The zero-order chi connectivity index (χ0) is 10.4. The lowest BCUT2D eigenvalue weighted by molar-refractivity contribution is 0.525. The smallest absolute Gasteiger partial charge is 0.201 e. The largest absolute Gasteiger partial charge is 0.437 e. The van der Waals surface area contributed by atoms with Crippen LogP contribution >= 0.6 is 0 Å². The number of hydrogen-bond acceptors (Lipinski definition) is 4. The van der Waals surface area contributed by atoms with Crippen LogP contribution in [0.2, 0.25) is 0 Å². The van der Waals surface area contributed by atoms with Crippen LogP contribution in [0.1, 0.15) is 30.5 Å². The highest BCUT2D eigenvalue weighted by molar-refractivity contribution is 5.50. The van der Waals surface area contributed by atoms with E-state index in [1.165, 1.54) is 12.8 Å². The Hall–Kier alpha value is -1.65. The third-order valence-electron chi connectivity index (χ3n) is 2.62. The van der Waals surface area contributed by atoms with E-state index in [9.17, 15) is 0 Å². The molecule has 2 heterocycles. The second-order valence-corrected chi connectivity index (χ2v) is 3.94. The number of aryl methyl sites for hydroxylation is 2. The van der Waals surface area contributed by atoms with Crippen LogP contribution in [-0.2, 0) is 0 Å². The first-order chi connectivity index (χ1) is 7.25. The molecule has 0 aliphatic heterocycles. The summed E-state index contributed by atoms with van der Waals surface area (Å²) in [6.45, 7) is 3.77. The van der Waals surface area contributed by atoms with Crippen molar-refractivity contribution in [3.8, 4) is 11.6 Å². The fourth-order valence-corrected chi connectivity index (χ4v) is 1.76. The molecule has 0 aromatic carbocycles. The van der Waals surface area contributed by atoms with Crippen molar-refractivity contribution >= 4 is 0 Å². The summed E-state index contributed by atoms with van der Waals surface area (Å²) in [6.07, 6.45) is 4.18. The molecule has 1 aliphatic rings. The number of rotatable bonds is 2. The third-order valence-corrected chi connectivity index (χ3v) is 2.62. The standard InChI is InChI=1S/C10H12N4O/c1-6-9(15-7(2)12-6)10-13-11-5-14(10)8-3-4-8/h5,8H,3-4H2,1-2H3. The predicted octanol–water partition coefficient (Wildman–Crippen LogP) is 1.88. The molecule has 0 amide bonds. The highest BCUT2D eigenvalue weighted by Crippen LogP contribution is 2.38. The molecule has 1 aliphatic carbocycles. The van der Waals surface area contributed by atoms with E-state index < -0.39 is 0 Å². The molecule has 1 saturated carbocycles. The molecule has 0 saturated heterocycles. The van der Waals surface area contributed by atoms with Gasteiger partial charge in [0.25, 0.3) is 0 Å². The molecule has 15 heavy (non-hydrogen) atoms. The third kappa shape index (κ3) is 1.35. The Kier molecular flexibility index (Phi) is 1.68. The van der Waals surface area contributed by atoms with Crippen LogP contribution in [0.15, 0.2) is 10.7 Å². The van der Waals surface area contributed by atoms with Gasteiger partial charge in [-0.05, 0) is 19.8 Å². The van der Waals surface area contributed by atoms with Gasteiger partial charge < -0.3 is 8.98 Å². The zero-order valence-corrected chi connectivity index (χ0v) is 8.77. The highest BCUT2D eigenvalue weighted by Gasteiger charge is 2.28. The van der Waals surface area contributed by atoms with Crippen molar-refractivity contribution in [3.63, 3.8) is 0 Å². The number of hydrogen-bond donors (Lipinski definition) is 0. The van der Waals surface area contributed by atoms with Gasteiger partial charge in [0.05, 0.1) is 5.69 Å². The molecule has 0 atom stereocenters. The Morgan fingerprint density at radius 1 is 1.40 bits per heavy atom. The van der Waals surface area contributed by atoms with E-state index in [2.05, 4.69) is 19.7 Å². The van der Waals surface area contributed by atoms with Gasteiger partial charge in [-0.3, -0.25) is 0 Å². The lowest BCUT2D eigenvalue weighted by Crippen LogP contribution is -1.95. The van der Waals surface area contributed by atoms with Crippen molar-refractivity contribution < 1.29 is 4.42 Å². The lowest BCUT2D eigenvalue weighted by atomic mass is 10.3. The van der Waals surface area contributed by atoms with E-state index in [4.69, 9.17) is 4.42 Å². The second-order valence-electron chi connectivity index (χ2n) is 3.94. The van der Waals surface area contributed by atoms with E-state index in [0.29, 0.717) is 11.9 Å². The number of nitrogens with zero attached hydrogens (tertiary/aromatic N) is 4. The topological polar surface area (TPSA) is 56.7 Å². The minimum absolute atomic E-state index is 0.555. The maximum atomic E-state index is 5.54. The van der Waals surface area contributed by atoms with Crippen LogP contribution in [0.5, 0.6) is 0 Å². The van der Waals surface area contributed by atoms with Crippen molar-refractivity contribution in [2.75, 3.05) is 0 Å². The van der Waals surface area contributed by atoms with E-state index >= 15 is 0 Å². The summed E-state index contributed by atoms with van der Waals surface area (Å²) in [4.78, 5) is 4.24. The molecule has 78 valence electrons. The normalized spacial score (nSPS) is 15.9. The maximum absolute atomic E-state index is 5.54. The average Bonchev–Trinajstić information content (AvgIpc) is 2.83. The van der Waals surface area contributed by atoms with Crippen LogP contribution < -0.4 is 0 Å². The summed E-state index contributed by atoms with van der Waals surface area (Å²) >= 11 is 0. The van der Waals surface area contributed by atoms with E-state index in [0.717, 1.165) is 17.3 Å². The Balaban J connectivity index is 2.11. The Bertz CT molecular complexity index is 495. The average molecular weight is 204 g/mol. The van der Waals surface area contributed by atoms with Crippen molar-refractivity contribution in [1.29, 1.82) is 0 Å². The highest BCUT2D eigenvalue weighted by atomic mass is 16.4. The summed E-state index contributed by atoms with van der Waals surface area (Å²) in [6, 6.07) is 0.555. The quantitative estimate of drug-likeness (QED) is 0.749. The Morgan fingerprint density at radius 2 is 2.20 bits per heavy atom. The van der Waals surface area contributed by atoms with E-state index in [-0.39, 0.29) is 0 Å². The monoisotopic (exact) mass is 204 g/mol. The molecule has 0 bridgehead atoms. The molecule has 2 aromatic rings. The molecule has 0 unspecified atom stereocenters. The van der Waals surface area contributed by atoms with Gasteiger partial charge in [-0.15, -0.1) is 10.2 Å². The van der Waals surface area contributed by atoms with Crippen molar-refractivity contribution in [3.05, 3.63) is 17.9 Å². The molecule has 1 fully saturated rings. The molecule has 3 rings (SSSR count). The van der Waals surface area contributed by atoms with Gasteiger partial charge in [-0.2, -0.15) is 0 Å². The van der Waals surface area contributed by atoms with Gasteiger partial charge in [0.15, 0.2) is 11.7 Å². The van der Waals surface area contributed by atoms with Gasteiger partial charge in [-0.25, -0.2) is 4.98 Å². The molecule has 0 radical (unpaired) electrons. The summed E-state index contributed by atoms with van der Waals surface area (Å²) in [5, 5.41) is 8.04. The molecular formula is C10H12N4O. The first-order valence-electron chi connectivity index (χ1n) is 5.09. The zero-order valence-electron chi connectivity index (χ0n) is 8.77. The van der Waals surface area contributed by atoms with Crippen LogP contribution in [0.25, 0.3) is 11.6 Å². The first-order valence-corrected chi connectivity index (χ1v) is 5.09. The van der Waals surface area contributed by atoms with Crippen molar-refractivity contribution in [1.82, 2.24) is 19.7 Å². The summed E-state index contributed by atoms with van der Waals surface area (Å²) in [5.41, 5.74) is 0.877. The van der Waals surface area contributed by atoms with E-state index in [1.54, 1.807) is 6.33 Å². The second kappa shape index (κ2) is 2.92. The number of oxazole rings is 1. The Labute approximate surface area is 87.1 Å². The van der Waals surface area contributed by atoms with Crippen LogP contribution in [0.3, 0.4) is 0 Å². The number of aromatic nitrogens is 4. The van der Waals surface area contributed by atoms with Crippen LogP contribution in [-0.4, -0.2) is 19.7 Å².